The first-order chi connectivity index (χ1) is 5.93. The van der Waals surface area contributed by atoms with Crippen LogP contribution in [0.3, 0.4) is 0 Å². The summed E-state index contributed by atoms with van der Waals surface area (Å²) in [5.41, 5.74) is 1.63. The van der Waals surface area contributed by atoms with Crippen molar-refractivity contribution in [2.45, 2.75) is 25.7 Å². The third kappa shape index (κ3) is 0.908. The van der Waals surface area contributed by atoms with Gasteiger partial charge in [0.2, 0.25) is 0 Å². The second-order valence-electron chi connectivity index (χ2n) is 3.73. The molecule has 0 aromatic carbocycles. The van der Waals surface area contributed by atoms with E-state index in [2.05, 4.69) is 11.0 Å². The minimum Gasteiger partial charge on any atom is -0.363 e. The van der Waals surface area contributed by atoms with Crippen molar-refractivity contribution in [3.05, 3.63) is 16.5 Å². The van der Waals surface area contributed by atoms with Crippen molar-refractivity contribution in [3.63, 3.8) is 0 Å². The summed E-state index contributed by atoms with van der Waals surface area (Å²) in [5, 5.41) is 1.54. The van der Waals surface area contributed by atoms with E-state index in [0.717, 1.165) is 0 Å². The van der Waals surface area contributed by atoms with Gasteiger partial charge >= 0.3 is 0 Å². The summed E-state index contributed by atoms with van der Waals surface area (Å²) < 4.78 is 0. The molecule has 2 heterocycles. The van der Waals surface area contributed by atoms with Crippen molar-refractivity contribution in [2.24, 2.45) is 0 Å². The zero-order valence-corrected chi connectivity index (χ0v) is 7.99. The highest BCUT2D eigenvalue weighted by Crippen LogP contribution is 2.38. The highest BCUT2D eigenvalue weighted by molar-refractivity contribution is 7.16. The fourth-order valence-electron chi connectivity index (χ4n) is 2.04. The summed E-state index contributed by atoms with van der Waals surface area (Å²) in [6.07, 6.45) is 5.46. The summed E-state index contributed by atoms with van der Waals surface area (Å²) in [4.78, 5) is 4.19. The highest BCUT2D eigenvalue weighted by atomic mass is 32.1. The first-order valence-electron chi connectivity index (χ1n) is 4.80. The normalized spacial score (nSPS) is 20.8. The van der Waals surface area contributed by atoms with Gasteiger partial charge in [-0.25, -0.2) is 0 Å². The summed E-state index contributed by atoms with van der Waals surface area (Å²) in [5.74, 6) is 0. The molecular weight excluding hydrogens is 166 g/mol. The van der Waals surface area contributed by atoms with Gasteiger partial charge in [0.25, 0.3) is 0 Å². The maximum absolute atomic E-state index is 2.54. The number of nitrogens with zero attached hydrogens (tertiary/aromatic N) is 1. The fourth-order valence-corrected chi connectivity index (χ4v) is 3.30. The predicted octanol–water partition coefficient (Wildman–Crippen LogP) is 2.45. The van der Waals surface area contributed by atoms with Crippen molar-refractivity contribution in [2.75, 3.05) is 18.0 Å². The summed E-state index contributed by atoms with van der Waals surface area (Å²) in [6, 6.07) is 2.41. The minimum absolute atomic E-state index is 1.29. The van der Waals surface area contributed by atoms with Gasteiger partial charge in [-0.2, -0.15) is 0 Å². The summed E-state index contributed by atoms with van der Waals surface area (Å²) >= 11 is 2.02. The zero-order chi connectivity index (χ0) is 7.97. The molecule has 12 heavy (non-hydrogen) atoms. The largest absolute Gasteiger partial charge is 0.363 e. The van der Waals surface area contributed by atoms with Gasteiger partial charge in [0.15, 0.2) is 0 Å². The van der Waals surface area contributed by atoms with Crippen LogP contribution in [0.25, 0.3) is 0 Å². The van der Waals surface area contributed by atoms with E-state index >= 15 is 0 Å². The van der Waals surface area contributed by atoms with Crippen LogP contribution in [-0.4, -0.2) is 13.1 Å². The molecule has 0 amide bonds. The molecule has 2 aliphatic rings. The van der Waals surface area contributed by atoms with Crippen molar-refractivity contribution in [1.82, 2.24) is 0 Å². The van der Waals surface area contributed by atoms with Crippen molar-refractivity contribution < 1.29 is 0 Å². The van der Waals surface area contributed by atoms with E-state index in [-0.39, 0.29) is 0 Å². The van der Waals surface area contributed by atoms with E-state index in [1.807, 2.05) is 11.3 Å². The Morgan fingerprint density at radius 3 is 2.50 bits per heavy atom. The topological polar surface area (TPSA) is 3.24 Å². The lowest BCUT2D eigenvalue weighted by molar-refractivity contribution is 0.871. The van der Waals surface area contributed by atoms with Crippen LogP contribution in [0.4, 0.5) is 5.00 Å². The second kappa shape index (κ2) is 2.49. The minimum atomic E-state index is 1.29. The molecule has 1 fully saturated rings. The van der Waals surface area contributed by atoms with Crippen LogP contribution in [-0.2, 0) is 12.8 Å². The second-order valence-corrected chi connectivity index (χ2v) is 4.84. The molecule has 0 unspecified atom stereocenters. The van der Waals surface area contributed by atoms with Crippen LogP contribution in [0, 0.1) is 0 Å². The summed E-state index contributed by atoms with van der Waals surface area (Å²) in [6.45, 7) is 2.58. The van der Waals surface area contributed by atoms with E-state index in [1.54, 1.807) is 10.4 Å². The average molecular weight is 179 g/mol. The summed E-state index contributed by atoms with van der Waals surface area (Å²) in [7, 11) is 0. The molecule has 3 rings (SSSR count). The highest BCUT2D eigenvalue weighted by Gasteiger charge is 2.21. The molecule has 0 radical (unpaired) electrons. The van der Waals surface area contributed by atoms with E-state index in [4.69, 9.17) is 0 Å². The van der Waals surface area contributed by atoms with E-state index in [0.29, 0.717) is 0 Å². The van der Waals surface area contributed by atoms with Gasteiger partial charge in [-0.15, -0.1) is 11.3 Å². The van der Waals surface area contributed by atoms with Gasteiger partial charge in [0.1, 0.15) is 0 Å². The third-order valence-corrected chi connectivity index (χ3v) is 4.22. The van der Waals surface area contributed by atoms with Crippen LogP contribution in [0.1, 0.15) is 23.3 Å². The maximum atomic E-state index is 2.54. The van der Waals surface area contributed by atoms with Gasteiger partial charge in [-0.05, 0) is 37.3 Å². The molecule has 0 spiro atoms. The molecule has 0 atom stereocenters. The van der Waals surface area contributed by atoms with E-state index < -0.39 is 0 Å². The van der Waals surface area contributed by atoms with Gasteiger partial charge in [-0.1, -0.05) is 0 Å². The van der Waals surface area contributed by atoms with Crippen molar-refractivity contribution >= 4 is 16.3 Å². The Hall–Kier alpha value is -0.500. The zero-order valence-electron chi connectivity index (χ0n) is 7.18. The van der Waals surface area contributed by atoms with Crippen molar-refractivity contribution in [3.8, 4) is 0 Å². The standard InChI is InChI=1S/C10H13NS/c1-2-6-11(5-1)10-7-8-3-4-9(8)12-10/h7H,1-6H2. The molecule has 1 aromatic rings. The van der Waals surface area contributed by atoms with Crippen LogP contribution in [0.5, 0.6) is 0 Å². The molecule has 1 aromatic heterocycles. The number of aryl methyl sites for hydroxylation is 2. The lowest BCUT2D eigenvalue weighted by Crippen LogP contribution is -2.15. The van der Waals surface area contributed by atoms with E-state index in [1.165, 1.54) is 43.8 Å². The Kier molecular flexibility index (Phi) is 1.44. The van der Waals surface area contributed by atoms with Crippen LogP contribution in [0.15, 0.2) is 6.07 Å². The Balaban J connectivity index is 1.90. The SMILES string of the molecule is c1c(N2CCCC2)sc2c1CC2. The van der Waals surface area contributed by atoms with Crippen LogP contribution >= 0.6 is 11.3 Å². The predicted molar refractivity (Wildman–Crippen MR) is 53.2 cm³/mol. The van der Waals surface area contributed by atoms with Crippen LogP contribution < -0.4 is 4.90 Å². The third-order valence-electron chi connectivity index (χ3n) is 2.92. The van der Waals surface area contributed by atoms with Gasteiger partial charge in [0, 0.05) is 18.0 Å². The lowest BCUT2D eigenvalue weighted by Gasteiger charge is -2.13. The molecule has 0 bridgehead atoms. The molecule has 64 valence electrons. The molecule has 0 saturated carbocycles. The molecule has 1 nitrogen and oxygen atoms in total. The molecule has 1 aliphatic carbocycles. The Labute approximate surface area is 77.0 Å². The Bertz CT molecular complexity index is 275. The Morgan fingerprint density at radius 1 is 1.17 bits per heavy atom. The first-order valence-corrected chi connectivity index (χ1v) is 5.62. The first kappa shape index (κ1) is 6.96. The number of anilines is 1. The maximum Gasteiger partial charge on any atom is 0.0914 e. The van der Waals surface area contributed by atoms with Crippen LogP contribution in [0.2, 0.25) is 0 Å². The smallest absolute Gasteiger partial charge is 0.0914 e. The quantitative estimate of drug-likeness (QED) is 0.640. The molecule has 0 N–H and O–H groups in total. The number of hydrogen-bond acceptors (Lipinski definition) is 2. The monoisotopic (exact) mass is 179 g/mol. The number of thiophene rings is 1. The number of hydrogen-bond donors (Lipinski definition) is 0. The molecule has 2 heteroatoms. The van der Waals surface area contributed by atoms with Gasteiger partial charge in [-0.3, -0.25) is 0 Å². The molecular formula is C10H13NS. The van der Waals surface area contributed by atoms with Gasteiger partial charge in [0.05, 0.1) is 5.00 Å². The number of rotatable bonds is 1. The van der Waals surface area contributed by atoms with Gasteiger partial charge < -0.3 is 4.90 Å². The average Bonchev–Trinajstić information content (AvgIpc) is 2.61. The van der Waals surface area contributed by atoms with E-state index in [9.17, 15) is 0 Å². The number of fused-ring (bicyclic) bond motifs is 1. The molecule has 1 aliphatic heterocycles. The molecule has 1 saturated heterocycles. The van der Waals surface area contributed by atoms with Crippen molar-refractivity contribution in [1.29, 1.82) is 0 Å². The fraction of sp³-hybridized carbons (Fsp3) is 0.600. The Morgan fingerprint density at radius 2 is 2.00 bits per heavy atom. The lowest BCUT2D eigenvalue weighted by atomic mass is 9.99.